The molecule has 0 saturated carbocycles. The highest BCUT2D eigenvalue weighted by atomic mass is 14.9. The summed E-state index contributed by atoms with van der Waals surface area (Å²) in [5.41, 5.74) is 8.24. The highest BCUT2D eigenvalue weighted by Crippen LogP contribution is 2.18. The maximum absolute atomic E-state index is 8.62. The van der Waals surface area contributed by atoms with Crippen LogP contribution in [0.3, 0.4) is 0 Å². The van der Waals surface area contributed by atoms with E-state index in [1.165, 1.54) is 0 Å². The molecule has 0 aliphatic carbocycles. The summed E-state index contributed by atoms with van der Waals surface area (Å²) in [4.78, 5) is 6.90. The van der Waals surface area contributed by atoms with Crippen LogP contribution in [-0.2, 0) is 0 Å². The Balaban J connectivity index is 2.86. The van der Waals surface area contributed by atoms with Crippen molar-refractivity contribution < 1.29 is 0 Å². The van der Waals surface area contributed by atoms with E-state index in [0.29, 0.717) is 16.8 Å². The third-order valence-corrected chi connectivity index (χ3v) is 1.68. The molecule has 4 nitrogen and oxygen atoms in total. The van der Waals surface area contributed by atoms with E-state index in [1.807, 2.05) is 6.07 Å². The molecular formula is C8H6N4. The molecule has 12 heavy (non-hydrogen) atoms. The lowest BCUT2D eigenvalue weighted by Crippen LogP contribution is -1.87. The van der Waals surface area contributed by atoms with Gasteiger partial charge in [-0.1, -0.05) is 0 Å². The summed E-state index contributed by atoms with van der Waals surface area (Å²) in [5.74, 6) is 0. The van der Waals surface area contributed by atoms with Gasteiger partial charge in [0.1, 0.15) is 5.52 Å². The zero-order chi connectivity index (χ0) is 8.55. The van der Waals surface area contributed by atoms with E-state index < -0.39 is 0 Å². The molecular weight excluding hydrogens is 152 g/mol. The van der Waals surface area contributed by atoms with E-state index in [4.69, 9.17) is 11.0 Å². The van der Waals surface area contributed by atoms with Gasteiger partial charge >= 0.3 is 0 Å². The van der Waals surface area contributed by atoms with Crippen molar-refractivity contribution in [1.82, 2.24) is 9.97 Å². The highest BCUT2D eigenvalue weighted by molar-refractivity contribution is 5.87. The first-order valence-corrected chi connectivity index (χ1v) is 3.44. The number of nitrogens with zero attached hydrogens (tertiary/aromatic N) is 2. The van der Waals surface area contributed by atoms with Crippen molar-refractivity contribution in [2.24, 2.45) is 0 Å². The van der Waals surface area contributed by atoms with Crippen molar-refractivity contribution >= 4 is 16.7 Å². The molecule has 0 radical (unpaired) electrons. The lowest BCUT2D eigenvalue weighted by atomic mass is 10.2. The molecule has 0 bridgehead atoms. The number of aromatic nitrogens is 2. The standard InChI is InChI=1S/C8H6N4/c9-3-5-1-6(10)8-7(2-5)11-4-12-8/h1-2,4H,10H2,(H,11,12). The van der Waals surface area contributed by atoms with Crippen LogP contribution in [0.1, 0.15) is 5.56 Å². The molecule has 0 aliphatic rings. The quantitative estimate of drug-likeness (QED) is 0.562. The fraction of sp³-hybridized carbons (Fsp3) is 0. The molecule has 0 unspecified atom stereocenters. The number of nitriles is 1. The number of imidazole rings is 1. The van der Waals surface area contributed by atoms with Crippen LogP contribution in [0.4, 0.5) is 5.69 Å². The summed E-state index contributed by atoms with van der Waals surface area (Å²) >= 11 is 0. The second-order valence-corrected chi connectivity index (χ2v) is 2.48. The van der Waals surface area contributed by atoms with Crippen LogP contribution in [0.15, 0.2) is 18.5 Å². The van der Waals surface area contributed by atoms with Gasteiger partial charge in [0.25, 0.3) is 0 Å². The van der Waals surface area contributed by atoms with Gasteiger partial charge in [0.05, 0.1) is 29.2 Å². The van der Waals surface area contributed by atoms with Gasteiger partial charge in [0.15, 0.2) is 0 Å². The number of hydrogen-bond acceptors (Lipinski definition) is 3. The number of aromatic amines is 1. The summed E-state index contributed by atoms with van der Waals surface area (Å²) < 4.78 is 0. The zero-order valence-electron chi connectivity index (χ0n) is 6.20. The van der Waals surface area contributed by atoms with E-state index in [9.17, 15) is 0 Å². The number of nitrogens with two attached hydrogens (primary N) is 1. The molecule has 0 amide bonds. The molecule has 2 aromatic rings. The molecule has 3 N–H and O–H groups in total. The molecule has 4 heteroatoms. The van der Waals surface area contributed by atoms with Crippen molar-refractivity contribution in [3.8, 4) is 6.07 Å². The van der Waals surface area contributed by atoms with Crippen LogP contribution in [0.5, 0.6) is 0 Å². The summed E-state index contributed by atoms with van der Waals surface area (Å²) in [6, 6.07) is 5.36. The highest BCUT2D eigenvalue weighted by Gasteiger charge is 2.02. The lowest BCUT2D eigenvalue weighted by molar-refractivity contribution is 1.34. The number of benzene rings is 1. The van der Waals surface area contributed by atoms with Gasteiger partial charge in [-0.05, 0) is 12.1 Å². The van der Waals surface area contributed by atoms with Gasteiger partial charge < -0.3 is 10.7 Å². The smallest absolute Gasteiger partial charge is 0.111 e. The monoisotopic (exact) mass is 158 g/mol. The fourth-order valence-corrected chi connectivity index (χ4v) is 1.14. The number of nitrogen functional groups attached to an aromatic ring is 1. The minimum Gasteiger partial charge on any atom is -0.397 e. The number of hydrogen-bond donors (Lipinski definition) is 2. The maximum atomic E-state index is 8.62. The van der Waals surface area contributed by atoms with Crippen molar-refractivity contribution in [3.05, 3.63) is 24.0 Å². The second kappa shape index (κ2) is 2.24. The fourth-order valence-electron chi connectivity index (χ4n) is 1.14. The Labute approximate surface area is 68.6 Å². The van der Waals surface area contributed by atoms with Crippen molar-refractivity contribution in [2.75, 3.05) is 5.73 Å². The predicted octanol–water partition coefficient (Wildman–Crippen LogP) is 1.02. The lowest BCUT2D eigenvalue weighted by Gasteiger charge is -1.94. The van der Waals surface area contributed by atoms with E-state index in [0.717, 1.165) is 5.52 Å². The van der Waals surface area contributed by atoms with Crippen LogP contribution >= 0.6 is 0 Å². The normalized spacial score (nSPS) is 9.92. The molecule has 0 aliphatic heterocycles. The topological polar surface area (TPSA) is 78.5 Å². The van der Waals surface area contributed by atoms with E-state index in [1.54, 1.807) is 18.5 Å². The zero-order valence-corrected chi connectivity index (χ0v) is 6.20. The largest absolute Gasteiger partial charge is 0.397 e. The first-order valence-electron chi connectivity index (χ1n) is 3.44. The minimum atomic E-state index is 0.533. The number of anilines is 1. The Bertz CT molecular complexity index is 463. The van der Waals surface area contributed by atoms with Gasteiger partial charge in [-0.15, -0.1) is 0 Å². The van der Waals surface area contributed by atoms with Crippen molar-refractivity contribution in [3.63, 3.8) is 0 Å². The third-order valence-electron chi connectivity index (χ3n) is 1.68. The Morgan fingerprint density at radius 2 is 2.33 bits per heavy atom. The maximum Gasteiger partial charge on any atom is 0.111 e. The molecule has 2 rings (SSSR count). The Hall–Kier alpha value is -2.02. The molecule has 0 spiro atoms. The van der Waals surface area contributed by atoms with Crippen LogP contribution < -0.4 is 5.73 Å². The first-order chi connectivity index (χ1) is 5.81. The predicted molar refractivity (Wildman–Crippen MR) is 45.2 cm³/mol. The van der Waals surface area contributed by atoms with Gasteiger partial charge in [-0.2, -0.15) is 5.26 Å². The summed E-state index contributed by atoms with van der Waals surface area (Å²) in [6.07, 6.45) is 1.56. The second-order valence-electron chi connectivity index (χ2n) is 2.48. The van der Waals surface area contributed by atoms with Crippen LogP contribution in [0, 0.1) is 11.3 Å². The third kappa shape index (κ3) is 0.805. The Morgan fingerprint density at radius 1 is 1.50 bits per heavy atom. The molecule has 1 aromatic heterocycles. The summed E-state index contributed by atoms with van der Waals surface area (Å²) in [6.45, 7) is 0. The van der Waals surface area contributed by atoms with Gasteiger partial charge in [0.2, 0.25) is 0 Å². The molecule has 1 aromatic carbocycles. The van der Waals surface area contributed by atoms with Crippen LogP contribution in [0.2, 0.25) is 0 Å². The number of nitrogens with one attached hydrogen (secondary N) is 1. The van der Waals surface area contributed by atoms with E-state index in [-0.39, 0.29) is 0 Å². The number of H-pyrrole nitrogens is 1. The van der Waals surface area contributed by atoms with Gasteiger partial charge in [-0.3, -0.25) is 0 Å². The Kier molecular flexibility index (Phi) is 1.25. The van der Waals surface area contributed by atoms with E-state index >= 15 is 0 Å². The minimum absolute atomic E-state index is 0.533. The molecule has 1 heterocycles. The average Bonchev–Trinajstić information content (AvgIpc) is 2.52. The van der Waals surface area contributed by atoms with Gasteiger partial charge in [0, 0.05) is 0 Å². The van der Waals surface area contributed by atoms with Gasteiger partial charge in [-0.25, -0.2) is 4.98 Å². The summed E-state index contributed by atoms with van der Waals surface area (Å²) in [7, 11) is 0. The SMILES string of the molecule is N#Cc1cc(N)c2nc[nH]c2c1. The van der Waals surface area contributed by atoms with E-state index in [2.05, 4.69) is 9.97 Å². The molecule has 58 valence electrons. The van der Waals surface area contributed by atoms with Crippen molar-refractivity contribution in [1.29, 1.82) is 5.26 Å². The number of rotatable bonds is 0. The average molecular weight is 158 g/mol. The molecule has 0 atom stereocenters. The van der Waals surface area contributed by atoms with Crippen LogP contribution in [-0.4, -0.2) is 9.97 Å². The Morgan fingerprint density at radius 3 is 3.08 bits per heavy atom. The molecule has 0 saturated heterocycles. The first kappa shape index (κ1) is 6.68. The summed E-state index contributed by atoms with van der Waals surface area (Å²) in [5, 5.41) is 8.62. The van der Waals surface area contributed by atoms with Crippen molar-refractivity contribution in [2.45, 2.75) is 0 Å². The molecule has 0 fully saturated rings. The number of fused-ring (bicyclic) bond motifs is 1. The van der Waals surface area contributed by atoms with Crippen LogP contribution in [0.25, 0.3) is 11.0 Å².